The number of hydrogen-bond acceptors (Lipinski definition) is 10. The Labute approximate surface area is 658 Å². The Balaban J connectivity index is 0.0000000943. The number of pyridine rings is 4. The molecular weight excluding hydrogens is 1450 g/mol. The van der Waals surface area contributed by atoms with E-state index in [0.717, 1.165) is 50.6 Å². The van der Waals surface area contributed by atoms with Crippen LogP contribution in [0.15, 0.2) is 374 Å². The number of nitrogens with zero attached hydrogens (tertiary/aromatic N) is 10. The van der Waals surface area contributed by atoms with Crippen LogP contribution in [0.3, 0.4) is 0 Å². The standard InChI is InChI=1S/C26H17NS.C25H16N2S.C24H15N3S.C23H14N4S/c1-2-6-18(7-3-1)19-10-12-21(13-11-19)27-24-9-5-4-8-22(24)23-16-20-14-15-28-26(20)17-25(23)27;1-2-7-23-20(5-1)21-15-18-12-14-28-25(18)16-24(21)27(23)19-10-8-17(9-11-19)22-6-3-4-13-26-22;1-2-6-21-19(5-1)20-12-17-8-11-28-23(17)14-22(20)27(21)24-13-16(7-10-26-24)18-4-3-9-25-15-18;1-2-6-19-17(5-1)18-12-15-8-11-28-21(15)13-20(18)27(19)22-7-10-25-23(26-22)16-4-3-9-24-14-16/h1-17H;1-16H;1-15H;1-14H. The second kappa shape index (κ2) is 28.3. The van der Waals surface area contributed by atoms with E-state index in [0.29, 0.717) is 5.82 Å². The fourth-order valence-corrected chi connectivity index (χ4v) is 19.1. The Bertz CT molecular complexity index is 7170. The van der Waals surface area contributed by atoms with Gasteiger partial charge < -0.3 is 9.13 Å². The topological polar surface area (TPSA) is 97.1 Å². The first kappa shape index (κ1) is 66.4. The number of thiophene rings is 4. The SMILES string of the molecule is c1ccc(-c2ccc(-n3c4ccccc4c4cc5ccsc5cc43)cc2)cc1.c1ccc(-c2ccc(-n3c4ccccc4c4cc5ccsc5cc43)cc2)nc1.c1cncc(-c2ccnc(-n3c4ccccc4c4cc5ccsc5cc43)c2)c1.c1cncc(-c2nccc(-n3c4ccccc4c4cc5ccsc5cc43)n2)c1. The van der Waals surface area contributed by atoms with E-state index in [9.17, 15) is 0 Å². The van der Waals surface area contributed by atoms with Gasteiger partial charge in [-0.05, 0) is 230 Å². The predicted molar refractivity (Wildman–Crippen MR) is 473 cm³/mol. The zero-order chi connectivity index (χ0) is 74.0. The fourth-order valence-electron chi connectivity index (χ4n) is 15.9. The van der Waals surface area contributed by atoms with Crippen molar-refractivity contribution in [3.05, 3.63) is 374 Å². The number of hydrogen-bond donors (Lipinski definition) is 0. The van der Waals surface area contributed by atoms with E-state index in [-0.39, 0.29) is 0 Å². The molecule has 13 heterocycles. The summed E-state index contributed by atoms with van der Waals surface area (Å²) in [6.45, 7) is 0. The van der Waals surface area contributed by atoms with Gasteiger partial charge in [0.25, 0.3) is 0 Å². The molecule has 24 aromatic rings. The van der Waals surface area contributed by atoms with Gasteiger partial charge in [0.15, 0.2) is 5.82 Å². The van der Waals surface area contributed by atoms with E-state index in [1.54, 1.807) is 63.9 Å². The third kappa shape index (κ3) is 11.9. The van der Waals surface area contributed by atoms with Crippen molar-refractivity contribution in [1.29, 1.82) is 0 Å². The van der Waals surface area contributed by atoms with E-state index >= 15 is 0 Å². The first-order valence-electron chi connectivity index (χ1n) is 36.9. The monoisotopic (exact) mass is 1510 g/mol. The van der Waals surface area contributed by atoms with E-state index in [4.69, 9.17) is 9.97 Å². The zero-order valence-corrected chi connectivity index (χ0v) is 63.2. The summed E-state index contributed by atoms with van der Waals surface area (Å²) < 4.78 is 14.5. The molecule has 0 atom stereocenters. The molecule has 0 aliphatic carbocycles. The molecule has 112 heavy (non-hydrogen) atoms. The first-order chi connectivity index (χ1) is 55.5. The molecule has 0 aliphatic heterocycles. The highest BCUT2D eigenvalue weighted by Gasteiger charge is 2.20. The molecule has 0 N–H and O–H groups in total. The Morgan fingerprint density at radius 1 is 0.223 bits per heavy atom. The van der Waals surface area contributed by atoms with Crippen LogP contribution in [0.2, 0.25) is 0 Å². The van der Waals surface area contributed by atoms with Crippen molar-refractivity contribution in [3.8, 4) is 67.9 Å². The van der Waals surface area contributed by atoms with Gasteiger partial charge >= 0.3 is 0 Å². The van der Waals surface area contributed by atoms with E-state index < -0.39 is 0 Å². The van der Waals surface area contributed by atoms with E-state index in [1.807, 2.05) is 73.3 Å². The van der Waals surface area contributed by atoms with Crippen molar-refractivity contribution in [1.82, 2.24) is 48.2 Å². The molecule has 13 aromatic heterocycles. The maximum absolute atomic E-state index is 4.87. The number of fused-ring (bicyclic) bond motifs is 16. The van der Waals surface area contributed by atoms with Crippen LogP contribution in [0.5, 0.6) is 0 Å². The predicted octanol–water partition coefficient (Wildman–Crippen LogP) is 27.0. The lowest BCUT2D eigenvalue weighted by molar-refractivity contribution is 1.04. The van der Waals surface area contributed by atoms with E-state index in [2.05, 4.69) is 321 Å². The molecule has 11 aromatic carbocycles. The molecule has 0 radical (unpaired) electrons. The van der Waals surface area contributed by atoms with E-state index in [1.165, 1.54) is 139 Å². The average molecular weight is 1510 g/mol. The maximum atomic E-state index is 4.87. The van der Waals surface area contributed by atoms with Gasteiger partial charge in [-0.25, -0.2) is 15.0 Å². The highest BCUT2D eigenvalue weighted by Crippen LogP contribution is 2.42. The highest BCUT2D eigenvalue weighted by molar-refractivity contribution is 7.18. The minimum absolute atomic E-state index is 0.675. The summed E-state index contributed by atoms with van der Waals surface area (Å²) in [5, 5.41) is 24.0. The summed E-state index contributed by atoms with van der Waals surface area (Å²) in [6, 6.07) is 110. The van der Waals surface area contributed by atoms with Gasteiger partial charge in [0.1, 0.15) is 11.6 Å². The summed E-state index contributed by atoms with van der Waals surface area (Å²) in [7, 11) is 0. The normalized spacial score (nSPS) is 11.6. The van der Waals surface area contributed by atoms with Crippen LogP contribution in [0, 0.1) is 0 Å². The number of rotatable bonds is 8. The first-order valence-corrected chi connectivity index (χ1v) is 40.5. The fraction of sp³-hybridized carbons (Fsp3) is 0. The van der Waals surface area contributed by atoms with Gasteiger partial charge in [-0.3, -0.25) is 24.1 Å². The molecule has 0 saturated carbocycles. The summed E-state index contributed by atoms with van der Waals surface area (Å²) in [6.07, 6.45) is 12.8. The largest absolute Gasteiger partial charge is 0.309 e. The Hall–Kier alpha value is -13.9. The minimum atomic E-state index is 0.675. The van der Waals surface area contributed by atoms with Crippen LogP contribution in [-0.4, -0.2) is 48.2 Å². The van der Waals surface area contributed by atoms with Crippen LogP contribution in [-0.2, 0) is 0 Å². The zero-order valence-electron chi connectivity index (χ0n) is 59.9. The molecule has 24 rings (SSSR count). The summed E-state index contributed by atoms with van der Waals surface area (Å²) in [4.78, 5) is 27.0. The lowest BCUT2D eigenvalue weighted by atomic mass is 10.1. The maximum Gasteiger partial charge on any atom is 0.163 e. The average Bonchev–Trinajstić information content (AvgIpc) is 1.60. The van der Waals surface area contributed by atoms with Crippen molar-refractivity contribution >= 4 is 173 Å². The molecule has 0 fully saturated rings. The van der Waals surface area contributed by atoms with Crippen LogP contribution in [0.25, 0.3) is 195 Å². The van der Waals surface area contributed by atoms with Crippen LogP contribution >= 0.6 is 45.3 Å². The summed E-state index contributed by atoms with van der Waals surface area (Å²) in [5.41, 5.74) is 19.8. The summed E-state index contributed by atoms with van der Waals surface area (Å²) in [5.74, 6) is 2.45. The van der Waals surface area contributed by atoms with Crippen LogP contribution < -0.4 is 0 Å². The van der Waals surface area contributed by atoms with Crippen molar-refractivity contribution in [3.63, 3.8) is 0 Å². The molecule has 0 spiro atoms. The molecule has 14 heteroatoms. The van der Waals surface area contributed by atoms with Crippen molar-refractivity contribution in [2.24, 2.45) is 0 Å². The summed E-state index contributed by atoms with van der Waals surface area (Å²) >= 11 is 7.13. The second-order valence-corrected chi connectivity index (χ2v) is 31.3. The van der Waals surface area contributed by atoms with Crippen molar-refractivity contribution in [2.75, 3.05) is 0 Å². The number of benzene rings is 11. The number of para-hydroxylation sites is 4. The van der Waals surface area contributed by atoms with Gasteiger partial charge in [0.2, 0.25) is 0 Å². The lowest BCUT2D eigenvalue weighted by Gasteiger charge is -2.09. The Morgan fingerprint density at radius 2 is 0.625 bits per heavy atom. The molecule has 528 valence electrons. The van der Waals surface area contributed by atoms with Crippen molar-refractivity contribution in [2.45, 2.75) is 0 Å². The Kier molecular flexibility index (Phi) is 16.8. The smallest absolute Gasteiger partial charge is 0.163 e. The molecular formula is C98H62N10S4. The molecule has 0 aliphatic rings. The molecule has 10 nitrogen and oxygen atoms in total. The molecule has 0 saturated heterocycles. The third-order valence-corrected chi connectivity index (χ3v) is 24.6. The molecule has 0 bridgehead atoms. The van der Waals surface area contributed by atoms with Crippen LogP contribution in [0.4, 0.5) is 0 Å². The van der Waals surface area contributed by atoms with Gasteiger partial charge in [0.05, 0.1) is 49.8 Å². The van der Waals surface area contributed by atoms with Crippen LogP contribution in [0.1, 0.15) is 0 Å². The molecule has 0 amide bonds. The van der Waals surface area contributed by atoms with Gasteiger partial charge in [0, 0.05) is 133 Å². The number of aromatic nitrogens is 10. The van der Waals surface area contributed by atoms with Gasteiger partial charge in [-0.1, -0.05) is 140 Å². The second-order valence-electron chi connectivity index (χ2n) is 27.5. The minimum Gasteiger partial charge on any atom is -0.309 e. The Morgan fingerprint density at radius 3 is 1.09 bits per heavy atom. The van der Waals surface area contributed by atoms with Gasteiger partial charge in [-0.2, -0.15) is 0 Å². The van der Waals surface area contributed by atoms with Crippen molar-refractivity contribution < 1.29 is 0 Å². The highest BCUT2D eigenvalue weighted by atomic mass is 32.1. The third-order valence-electron chi connectivity index (χ3n) is 21.1. The molecule has 0 unspecified atom stereocenters. The van der Waals surface area contributed by atoms with Gasteiger partial charge in [-0.15, -0.1) is 45.3 Å². The lowest BCUT2D eigenvalue weighted by Crippen LogP contribution is -2.00. The quantitative estimate of drug-likeness (QED) is 0.150.